The molecule has 1 fully saturated rings. The van der Waals surface area contributed by atoms with Crippen molar-refractivity contribution in [1.82, 2.24) is 5.32 Å². The Balaban J connectivity index is 2.76. The van der Waals surface area contributed by atoms with Gasteiger partial charge in [-0.05, 0) is 12.8 Å². The van der Waals surface area contributed by atoms with Gasteiger partial charge in [0.05, 0.1) is 0 Å². The molecule has 0 heterocycles. The smallest absolute Gasteiger partial charge is 0.405 e. The highest BCUT2D eigenvalue weighted by molar-refractivity contribution is 5.85. The number of hydrogen-bond donors (Lipinski definition) is 3. The third kappa shape index (κ3) is 2.14. The monoisotopic (exact) mass is 202 g/mol. The molecule has 0 aliphatic heterocycles. The molecule has 14 heavy (non-hydrogen) atoms. The maximum absolute atomic E-state index is 11.4. The van der Waals surface area contributed by atoms with E-state index in [0.717, 1.165) is 19.3 Å². The third-order valence-corrected chi connectivity index (χ3v) is 2.55. The van der Waals surface area contributed by atoms with Crippen molar-refractivity contribution in [3.8, 4) is 0 Å². The van der Waals surface area contributed by atoms with Gasteiger partial charge in [-0.2, -0.15) is 5.90 Å². The number of hydrogen-bond acceptors (Lipinski definition) is 4. The Morgan fingerprint density at radius 1 is 1.29 bits per heavy atom. The van der Waals surface area contributed by atoms with Crippen molar-refractivity contribution in [1.29, 1.82) is 0 Å². The van der Waals surface area contributed by atoms with Crippen molar-refractivity contribution in [2.75, 3.05) is 0 Å². The van der Waals surface area contributed by atoms with Gasteiger partial charge in [-0.15, -0.1) is 0 Å². The Morgan fingerprint density at radius 3 is 2.29 bits per heavy atom. The van der Waals surface area contributed by atoms with Crippen LogP contribution in [0.3, 0.4) is 0 Å². The maximum atomic E-state index is 11.4. The first kappa shape index (κ1) is 10.8. The quantitative estimate of drug-likeness (QED) is 0.561. The lowest BCUT2D eigenvalue weighted by Gasteiger charge is -2.33. The first-order chi connectivity index (χ1) is 6.60. The van der Waals surface area contributed by atoms with E-state index >= 15 is 0 Å². The fourth-order valence-corrected chi connectivity index (χ4v) is 1.85. The molecule has 0 aromatic heterocycles. The fraction of sp³-hybridized carbons (Fsp3) is 0.750. The van der Waals surface area contributed by atoms with Crippen molar-refractivity contribution in [2.45, 2.75) is 37.6 Å². The average molecular weight is 202 g/mol. The number of carboxylic acid groups (broad SMARTS) is 1. The van der Waals surface area contributed by atoms with Crippen LogP contribution in [0.5, 0.6) is 0 Å². The van der Waals surface area contributed by atoms with Gasteiger partial charge in [-0.3, -0.25) is 0 Å². The van der Waals surface area contributed by atoms with Gasteiger partial charge in [0.25, 0.3) is 0 Å². The summed E-state index contributed by atoms with van der Waals surface area (Å²) in [5.41, 5.74) is -1.13. The van der Waals surface area contributed by atoms with E-state index in [1.54, 1.807) is 0 Å². The molecule has 0 saturated heterocycles. The Labute approximate surface area is 81.4 Å². The third-order valence-electron chi connectivity index (χ3n) is 2.55. The van der Waals surface area contributed by atoms with Gasteiger partial charge >= 0.3 is 12.1 Å². The van der Waals surface area contributed by atoms with Crippen LogP contribution < -0.4 is 11.2 Å². The molecule has 1 aliphatic carbocycles. The number of nitrogens with two attached hydrogens (primary N) is 1. The first-order valence-corrected chi connectivity index (χ1v) is 4.53. The van der Waals surface area contributed by atoms with Crippen molar-refractivity contribution in [3.05, 3.63) is 0 Å². The van der Waals surface area contributed by atoms with E-state index in [4.69, 9.17) is 11.0 Å². The van der Waals surface area contributed by atoms with Crippen LogP contribution in [0, 0.1) is 0 Å². The molecule has 1 rings (SSSR count). The summed E-state index contributed by atoms with van der Waals surface area (Å²) in [6, 6.07) is 0. The van der Waals surface area contributed by atoms with Gasteiger partial charge in [0.15, 0.2) is 0 Å². The lowest BCUT2D eigenvalue weighted by Crippen LogP contribution is -2.56. The van der Waals surface area contributed by atoms with Crippen LogP contribution >= 0.6 is 0 Å². The van der Waals surface area contributed by atoms with Gasteiger partial charge in [0, 0.05) is 0 Å². The Morgan fingerprint density at radius 2 is 1.86 bits per heavy atom. The predicted octanol–water partition coefficient (Wildman–Crippen LogP) is 0.374. The van der Waals surface area contributed by atoms with E-state index in [1.165, 1.54) is 0 Å². The molecule has 0 aromatic rings. The fourth-order valence-electron chi connectivity index (χ4n) is 1.85. The molecule has 0 unspecified atom stereocenters. The Kier molecular flexibility index (Phi) is 3.29. The minimum atomic E-state index is -1.22. The molecule has 0 atom stereocenters. The van der Waals surface area contributed by atoms with Gasteiger partial charge in [0.2, 0.25) is 0 Å². The molecule has 1 amide bonds. The first-order valence-electron chi connectivity index (χ1n) is 4.53. The molecular formula is C8H14N2O4. The van der Waals surface area contributed by atoms with Crippen LogP contribution in [0.1, 0.15) is 32.1 Å². The second kappa shape index (κ2) is 4.28. The topological polar surface area (TPSA) is 102 Å². The molecule has 0 radical (unpaired) electrons. The van der Waals surface area contributed by atoms with Gasteiger partial charge in [0.1, 0.15) is 5.54 Å². The van der Waals surface area contributed by atoms with Crippen molar-refractivity contribution in [2.24, 2.45) is 5.90 Å². The van der Waals surface area contributed by atoms with Crippen LogP contribution in [0.4, 0.5) is 4.79 Å². The van der Waals surface area contributed by atoms with Crippen LogP contribution in [0.25, 0.3) is 0 Å². The van der Waals surface area contributed by atoms with Gasteiger partial charge < -0.3 is 15.3 Å². The lowest BCUT2D eigenvalue weighted by molar-refractivity contribution is -0.153. The SMILES string of the molecule is NOC(=O)C1(NC(=O)O)CCCCC1. The van der Waals surface area contributed by atoms with Crippen molar-refractivity contribution < 1.29 is 19.5 Å². The normalized spacial score (nSPS) is 19.8. The summed E-state index contributed by atoms with van der Waals surface area (Å²) < 4.78 is 0. The van der Waals surface area contributed by atoms with Gasteiger partial charge in [-0.1, -0.05) is 19.3 Å². The standard InChI is InChI=1S/C8H14N2O4/c9-14-6(11)8(10-7(12)13)4-2-1-3-5-8/h10H,1-5,9H2,(H,12,13). The second-order valence-electron chi connectivity index (χ2n) is 3.48. The summed E-state index contributed by atoms with van der Waals surface area (Å²) in [6.45, 7) is 0. The second-order valence-corrected chi connectivity index (χ2v) is 3.48. The minimum Gasteiger partial charge on any atom is -0.465 e. The molecule has 0 spiro atoms. The molecule has 6 nitrogen and oxygen atoms in total. The summed E-state index contributed by atoms with van der Waals surface area (Å²) in [7, 11) is 0. The molecule has 0 aromatic carbocycles. The van der Waals surface area contributed by atoms with E-state index in [2.05, 4.69) is 10.2 Å². The highest BCUT2D eigenvalue weighted by Crippen LogP contribution is 2.28. The number of nitrogens with one attached hydrogen (secondary N) is 1. The zero-order valence-electron chi connectivity index (χ0n) is 7.78. The van der Waals surface area contributed by atoms with Crippen LogP contribution in [-0.4, -0.2) is 22.7 Å². The van der Waals surface area contributed by atoms with E-state index in [9.17, 15) is 9.59 Å². The van der Waals surface area contributed by atoms with Crippen LogP contribution in [0.2, 0.25) is 0 Å². The number of carbonyl (C=O) groups is 2. The van der Waals surface area contributed by atoms with Crippen LogP contribution in [0.15, 0.2) is 0 Å². The summed E-state index contributed by atoms with van der Waals surface area (Å²) in [4.78, 5) is 26.0. The number of rotatable bonds is 2. The summed E-state index contributed by atoms with van der Waals surface area (Å²) in [5, 5.41) is 10.8. The summed E-state index contributed by atoms with van der Waals surface area (Å²) >= 11 is 0. The maximum Gasteiger partial charge on any atom is 0.405 e. The summed E-state index contributed by atoms with van der Waals surface area (Å²) in [5.74, 6) is 4.09. The molecule has 1 aliphatic rings. The van der Waals surface area contributed by atoms with Crippen LogP contribution in [-0.2, 0) is 9.63 Å². The Hall–Kier alpha value is -1.30. The Bertz CT molecular complexity index is 235. The average Bonchev–Trinajstić information content (AvgIpc) is 2.17. The van der Waals surface area contributed by atoms with E-state index in [0.29, 0.717) is 12.8 Å². The van der Waals surface area contributed by atoms with Gasteiger partial charge in [-0.25, -0.2) is 9.59 Å². The molecule has 0 bridgehead atoms. The lowest BCUT2D eigenvalue weighted by atomic mass is 9.82. The molecule has 1 saturated carbocycles. The van der Waals surface area contributed by atoms with E-state index in [1.807, 2.05) is 0 Å². The molecule has 4 N–H and O–H groups in total. The molecule has 6 heteroatoms. The van der Waals surface area contributed by atoms with Crippen molar-refractivity contribution >= 4 is 12.1 Å². The summed E-state index contributed by atoms with van der Waals surface area (Å²) in [6.07, 6.45) is 2.29. The highest BCUT2D eigenvalue weighted by Gasteiger charge is 2.42. The zero-order chi connectivity index (χ0) is 10.6. The largest absolute Gasteiger partial charge is 0.465 e. The molecular weight excluding hydrogens is 188 g/mol. The van der Waals surface area contributed by atoms with Crippen molar-refractivity contribution in [3.63, 3.8) is 0 Å². The number of carbonyl (C=O) groups excluding carboxylic acids is 1. The van der Waals surface area contributed by atoms with E-state index < -0.39 is 17.6 Å². The van der Waals surface area contributed by atoms with E-state index in [-0.39, 0.29) is 0 Å². The number of amides is 1. The zero-order valence-corrected chi connectivity index (χ0v) is 7.78. The minimum absolute atomic E-state index is 0.454. The molecule has 80 valence electrons. The highest BCUT2D eigenvalue weighted by atomic mass is 16.7. The predicted molar refractivity (Wildman–Crippen MR) is 47.3 cm³/mol.